The van der Waals surface area contributed by atoms with Crippen LogP contribution in [0.3, 0.4) is 0 Å². The van der Waals surface area contributed by atoms with Gasteiger partial charge >= 0.3 is 6.03 Å². The van der Waals surface area contributed by atoms with Gasteiger partial charge in [0.1, 0.15) is 6.54 Å². The molecule has 29 heavy (non-hydrogen) atoms. The van der Waals surface area contributed by atoms with Crippen LogP contribution in [0.4, 0.5) is 4.79 Å². The second-order valence-electron chi connectivity index (χ2n) is 8.38. The van der Waals surface area contributed by atoms with E-state index in [-0.39, 0.29) is 30.1 Å². The van der Waals surface area contributed by atoms with Crippen LogP contribution in [0.5, 0.6) is 0 Å². The van der Waals surface area contributed by atoms with Crippen LogP contribution in [0.2, 0.25) is 0 Å². The molecule has 1 N–H and O–H groups in total. The third kappa shape index (κ3) is 7.54. The Morgan fingerprint density at radius 3 is 2.31 bits per heavy atom. The van der Waals surface area contributed by atoms with E-state index < -0.39 is 0 Å². The molecule has 0 radical (unpaired) electrons. The van der Waals surface area contributed by atoms with E-state index in [1.165, 1.54) is 0 Å². The van der Waals surface area contributed by atoms with Crippen LogP contribution in [-0.2, 0) is 17.9 Å². The van der Waals surface area contributed by atoms with Crippen molar-refractivity contribution < 1.29 is 9.59 Å². The molecule has 1 aromatic heterocycles. The van der Waals surface area contributed by atoms with E-state index in [9.17, 15) is 9.59 Å². The van der Waals surface area contributed by atoms with Gasteiger partial charge in [0.05, 0.1) is 6.54 Å². The number of hydrogen-bond acceptors (Lipinski definition) is 3. The highest BCUT2D eigenvalue weighted by atomic mass is 32.1. The Morgan fingerprint density at radius 1 is 1.07 bits per heavy atom. The predicted octanol–water partition coefficient (Wildman–Crippen LogP) is 4.89. The zero-order chi connectivity index (χ0) is 21.4. The number of hydrogen-bond donors (Lipinski definition) is 1. The van der Waals surface area contributed by atoms with E-state index in [1.807, 2.05) is 87.4 Å². The van der Waals surface area contributed by atoms with Gasteiger partial charge in [-0.2, -0.15) is 0 Å². The third-order valence-electron chi connectivity index (χ3n) is 4.67. The molecule has 2 aromatic rings. The maximum absolute atomic E-state index is 13.3. The topological polar surface area (TPSA) is 52.7 Å². The number of carbonyl (C=O) groups is 2. The van der Waals surface area contributed by atoms with Crippen LogP contribution in [0, 0.1) is 0 Å². The minimum atomic E-state index is -0.355. The first-order valence-corrected chi connectivity index (χ1v) is 11.0. The van der Waals surface area contributed by atoms with Crippen LogP contribution in [-0.4, -0.2) is 39.9 Å². The fourth-order valence-corrected chi connectivity index (χ4v) is 3.63. The van der Waals surface area contributed by atoms with Crippen LogP contribution >= 0.6 is 11.3 Å². The van der Waals surface area contributed by atoms with Crippen molar-refractivity contribution in [3.05, 3.63) is 58.3 Å². The number of carbonyl (C=O) groups excluding carboxylic acids is 2. The quantitative estimate of drug-likeness (QED) is 0.668. The van der Waals surface area contributed by atoms with Gasteiger partial charge in [0.15, 0.2) is 0 Å². The Hall–Kier alpha value is -2.34. The summed E-state index contributed by atoms with van der Waals surface area (Å²) in [7, 11) is 0. The number of rotatable bonds is 8. The Kier molecular flexibility index (Phi) is 8.26. The van der Waals surface area contributed by atoms with E-state index in [4.69, 9.17) is 0 Å². The molecule has 0 unspecified atom stereocenters. The average molecular weight is 416 g/mol. The molecule has 0 aliphatic heterocycles. The molecule has 0 saturated heterocycles. The van der Waals surface area contributed by atoms with Gasteiger partial charge in [0.25, 0.3) is 0 Å². The Bertz CT molecular complexity index is 769. The highest BCUT2D eigenvalue weighted by molar-refractivity contribution is 7.09. The Balaban J connectivity index is 2.18. The lowest BCUT2D eigenvalue weighted by Gasteiger charge is -2.33. The van der Waals surface area contributed by atoms with Gasteiger partial charge in [0.2, 0.25) is 5.91 Å². The van der Waals surface area contributed by atoms with Crippen LogP contribution < -0.4 is 5.32 Å². The van der Waals surface area contributed by atoms with E-state index in [1.54, 1.807) is 16.2 Å². The van der Waals surface area contributed by atoms with Crippen LogP contribution in [0.15, 0.2) is 47.8 Å². The smallest absolute Gasteiger partial charge is 0.318 e. The van der Waals surface area contributed by atoms with E-state index >= 15 is 0 Å². The van der Waals surface area contributed by atoms with Gasteiger partial charge in [-0.1, -0.05) is 43.3 Å². The Labute approximate surface area is 178 Å². The van der Waals surface area contributed by atoms with Crippen molar-refractivity contribution in [3.8, 4) is 0 Å². The summed E-state index contributed by atoms with van der Waals surface area (Å²) < 4.78 is 0. The first-order valence-electron chi connectivity index (χ1n) is 10.1. The molecule has 0 spiro atoms. The Morgan fingerprint density at radius 2 is 1.76 bits per heavy atom. The molecule has 1 aromatic carbocycles. The van der Waals surface area contributed by atoms with Gasteiger partial charge in [0, 0.05) is 23.0 Å². The maximum atomic E-state index is 13.3. The van der Waals surface area contributed by atoms with Crippen molar-refractivity contribution in [1.29, 1.82) is 0 Å². The summed E-state index contributed by atoms with van der Waals surface area (Å²) >= 11 is 1.64. The number of amides is 3. The standard InChI is InChI=1S/C23H33N3O2S/c1-6-18(2)26(22(28)24-23(3,4)5)17-21(27)25(16-20-13-10-14-29-20)15-19-11-8-7-9-12-19/h7-14,18H,6,15-17H2,1-5H3,(H,24,28)/t18-/m1/s1. The highest BCUT2D eigenvalue weighted by Gasteiger charge is 2.27. The molecule has 2 rings (SSSR count). The largest absolute Gasteiger partial charge is 0.333 e. The molecule has 0 bridgehead atoms. The number of benzene rings is 1. The molecule has 0 aliphatic carbocycles. The molecular formula is C23H33N3O2S. The van der Waals surface area contributed by atoms with Crippen LogP contribution in [0.25, 0.3) is 0 Å². The van der Waals surface area contributed by atoms with Crippen molar-refractivity contribution in [2.45, 2.75) is 65.7 Å². The molecule has 5 nitrogen and oxygen atoms in total. The highest BCUT2D eigenvalue weighted by Crippen LogP contribution is 2.16. The molecule has 158 valence electrons. The third-order valence-corrected chi connectivity index (χ3v) is 5.53. The molecular weight excluding hydrogens is 382 g/mol. The zero-order valence-electron chi connectivity index (χ0n) is 18.1. The van der Waals surface area contributed by atoms with Gasteiger partial charge in [-0.25, -0.2) is 4.79 Å². The summed E-state index contributed by atoms with van der Waals surface area (Å²) in [5, 5.41) is 5.01. The summed E-state index contributed by atoms with van der Waals surface area (Å²) in [5.41, 5.74) is 0.721. The second-order valence-corrected chi connectivity index (χ2v) is 9.41. The van der Waals surface area contributed by atoms with Crippen molar-refractivity contribution in [1.82, 2.24) is 15.1 Å². The maximum Gasteiger partial charge on any atom is 0.318 e. The van der Waals surface area contributed by atoms with Crippen molar-refractivity contribution in [2.75, 3.05) is 6.54 Å². The normalized spacial score (nSPS) is 12.3. The summed E-state index contributed by atoms with van der Waals surface area (Å²) in [4.78, 5) is 30.7. The van der Waals surface area contributed by atoms with Gasteiger partial charge in [-0.15, -0.1) is 11.3 Å². The van der Waals surface area contributed by atoms with E-state index in [2.05, 4.69) is 5.32 Å². The lowest BCUT2D eigenvalue weighted by molar-refractivity contribution is -0.133. The average Bonchev–Trinajstić information content (AvgIpc) is 3.17. The van der Waals surface area contributed by atoms with Crippen molar-refractivity contribution in [2.24, 2.45) is 0 Å². The summed E-state index contributed by atoms with van der Waals surface area (Å²) in [6.07, 6.45) is 0.786. The summed E-state index contributed by atoms with van der Waals surface area (Å²) in [6, 6.07) is 13.8. The monoisotopic (exact) mass is 415 g/mol. The van der Waals surface area contributed by atoms with Gasteiger partial charge in [-0.3, -0.25) is 4.79 Å². The van der Waals surface area contributed by atoms with Crippen LogP contribution in [0.1, 0.15) is 51.5 Å². The molecule has 1 heterocycles. The predicted molar refractivity (Wildman–Crippen MR) is 120 cm³/mol. The van der Waals surface area contributed by atoms with Gasteiger partial charge < -0.3 is 15.1 Å². The van der Waals surface area contributed by atoms with Gasteiger partial charge in [-0.05, 0) is 51.1 Å². The molecule has 0 saturated carbocycles. The molecule has 3 amide bonds. The van der Waals surface area contributed by atoms with Crippen molar-refractivity contribution in [3.63, 3.8) is 0 Å². The number of urea groups is 1. The van der Waals surface area contributed by atoms with Crippen molar-refractivity contribution >= 4 is 23.3 Å². The number of nitrogens with one attached hydrogen (secondary N) is 1. The second kappa shape index (κ2) is 10.4. The lowest BCUT2D eigenvalue weighted by Crippen LogP contribution is -2.54. The number of nitrogens with zero attached hydrogens (tertiary/aromatic N) is 2. The molecule has 1 atom stereocenters. The first-order chi connectivity index (χ1) is 13.7. The SMILES string of the molecule is CC[C@@H](C)N(CC(=O)N(Cc1ccccc1)Cc1cccs1)C(=O)NC(C)(C)C. The minimum Gasteiger partial charge on any atom is -0.333 e. The first kappa shape index (κ1) is 22.9. The lowest BCUT2D eigenvalue weighted by atomic mass is 10.1. The summed E-state index contributed by atoms with van der Waals surface area (Å²) in [5.74, 6) is -0.0494. The van der Waals surface area contributed by atoms with E-state index in [0.717, 1.165) is 16.9 Å². The zero-order valence-corrected chi connectivity index (χ0v) is 19.0. The minimum absolute atomic E-state index is 0.0263. The van der Waals surface area contributed by atoms with E-state index in [0.29, 0.717) is 13.1 Å². The molecule has 6 heteroatoms. The summed E-state index contributed by atoms with van der Waals surface area (Å²) in [6.45, 7) is 11.0. The number of thiophene rings is 1. The fraction of sp³-hybridized carbons (Fsp3) is 0.478. The molecule has 0 fully saturated rings. The molecule has 0 aliphatic rings. The fourth-order valence-electron chi connectivity index (χ4n) is 2.91.